The van der Waals surface area contributed by atoms with Crippen LogP contribution in [0.3, 0.4) is 0 Å². The lowest BCUT2D eigenvalue weighted by Gasteiger charge is -2.14. The van der Waals surface area contributed by atoms with Gasteiger partial charge in [0.25, 0.3) is 5.91 Å². The van der Waals surface area contributed by atoms with Gasteiger partial charge >= 0.3 is 0 Å². The molecule has 2 rings (SSSR count). The minimum absolute atomic E-state index is 0.260. The number of nitrogens with two attached hydrogens (primary N) is 1. The highest BCUT2D eigenvalue weighted by molar-refractivity contribution is 7.80. The molecule has 2 aromatic rings. The number of thiocarbonyl (C=S) groups is 1. The van der Waals surface area contributed by atoms with E-state index in [0.29, 0.717) is 28.7 Å². The molecular formula is C19H21FN4O4S. The van der Waals surface area contributed by atoms with Crippen molar-refractivity contribution in [2.75, 3.05) is 20.8 Å². The number of methoxy groups -OCH3 is 2. The summed E-state index contributed by atoms with van der Waals surface area (Å²) in [5.74, 6) is 0.0464. The number of carbonyl (C=O) groups is 1. The van der Waals surface area contributed by atoms with E-state index in [0.717, 1.165) is 5.56 Å². The zero-order valence-corrected chi connectivity index (χ0v) is 16.7. The molecule has 0 fully saturated rings. The van der Waals surface area contributed by atoms with Gasteiger partial charge in [0.15, 0.2) is 23.2 Å². The average molecular weight is 420 g/mol. The van der Waals surface area contributed by atoms with Crippen LogP contribution in [0.4, 0.5) is 4.39 Å². The zero-order chi connectivity index (χ0) is 21.2. The van der Waals surface area contributed by atoms with Crippen molar-refractivity contribution in [3.05, 3.63) is 53.3 Å². The Morgan fingerprint density at radius 1 is 1.21 bits per heavy atom. The van der Waals surface area contributed by atoms with Crippen LogP contribution in [0.2, 0.25) is 0 Å². The maximum atomic E-state index is 12.9. The van der Waals surface area contributed by atoms with Gasteiger partial charge in [0.2, 0.25) is 5.75 Å². The molecule has 4 N–H and O–H groups in total. The van der Waals surface area contributed by atoms with Gasteiger partial charge in [-0.2, -0.15) is 5.10 Å². The fourth-order valence-electron chi connectivity index (χ4n) is 2.25. The molecule has 2 aromatic carbocycles. The van der Waals surface area contributed by atoms with E-state index in [2.05, 4.69) is 15.8 Å². The van der Waals surface area contributed by atoms with Gasteiger partial charge < -0.3 is 25.3 Å². The van der Waals surface area contributed by atoms with E-state index in [9.17, 15) is 9.18 Å². The average Bonchev–Trinajstić information content (AvgIpc) is 2.71. The third kappa shape index (κ3) is 6.92. The number of amides is 1. The quantitative estimate of drug-likeness (QED) is 0.322. The predicted molar refractivity (Wildman–Crippen MR) is 111 cm³/mol. The molecule has 0 aliphatic rings. The van der Waals surface area contributed by atoms with Crippen LogP contribution >= 0.6 is 12.2 Å². The van der Waals surface area contributed by atoms with E-state index in [1.807, 2.05) is 0 Å². The van der Waals surface area contributed by atoms with Crippen LogP contribution in [-0.4, -0.2) is 38.1 Å². The number of primary amides is 1. The molecule has 0 aliphatic heterocycles. The number of nitrogens with one attached hydrogen (secondary N) is 2. The molecule has 0 radical (unpaired) electrons. The third-order valence-corrected chi connectivity index (χ3v) is 3.82. The van der Waals surface area contributed by atoms with Crippen LogP contribution < -0.4 is 30.7 Å². The maximum absolute atomic E-state index is 12.9. The number of ether oxygens (including phenoxy) is 3. The number of hydrazone groups is 1. The largest absolute Gasteiger partial charge is 0.493 e. The summed E-state index contributed by atoms with van der Waals surface area (Å²) in [7, 11) is 2.92. The summed E-state index contributed by atoms with van der Waals surface area (Å²) in [4.78, 5) is 11.0. The van der Waals surface area contributed by atoms with Crippen molar-refractivity contribution in [2.24, 2.45) is 10.8 Å². The van der Waals surface area contributed by atoms with Gasteiger partial charge in [-0.15, -0.1) is 0 Å². The Kier molecular flexibility index (Phi) is 8.16. The first kappa shape index (κ1) is 21.9. The van der Waals surface area contributed by atoms with Gasteiger partial charge in [0.05, 0.1) is 20.4 Å². The van der Waals surface area contributed by atoms with Gasteiger partial charge in [-0.1, -0.05) is 12.1 Å². The second kappa shape index (κ2) is 10.8. The van der Waals surface area contributed by atoms with Crippen molar-refractivity contribution < 1.29 is 23.4 Å². The molecule has 0 bridgehead atoms. The summed E-state index contributed by atoms with van der Waals surface area (Å²) in [5, 5.41) is 7.31. The van der Waals surface area contributed by atoms with E-state index in [1.54, 1.807) is 24.3 Å². The lowest BCUT2D eigenvalue weighted by atomic mass is 10.2. The van der Waals surface area contributed by atoms with Gasteiger partial charge in [0, 0.05) is 12.1 Å². The van der Waals surface area contributed by atoms with Gasteiger partial charge in [-0.3, -0.25) is 10.2 Å². The molecule has 0 atom stereocenters. The zero-order valence-electron chi connectivity index (χ0n) is 15.9. The number of hydrogen-bond donors (Lipinski definition) is 3. The first-order valence-corrected chi connectivity index (χ1v) is 8.82. The minimum Gasteiger partial charge on any atom is -0.493 e. The fraction of sp³-hybridized carbons (Fsp3) is 0.211. The molecule has 0 saturated heterocycles. The molecule has 29 heavy (non-hydrogen) atoms. The van der Waals surface area contributed by atoms with E-state index in [1.165, 1.54) is 32.6 Å². The summed E-state index contributed by atoms with van der Waals surface area (Å²) in [5.41, 5.74) is 9.30. The summed E-state index contributed by atoms with van der Waals surface area (Å²) in [6.45, 7) is 0.116. The number of nitrogens with zero attached hydrogens (tertiary/aromatic N) is 1. The van der Waals surface area contributed by atoms with Crippen molar-refractivity contribution in [1.29, 1.82) is 0 Å². The monoisotopic (exact) mass is 420 g/mol. The SMILES string of the molecule is COc1cc(/C=N\NC(=S)NCc2ccc(F)cc2)cc(OC)c1OCC(N)=O. The molecule has 8 nitrogen and oxygen atoms in total. The standard InChI is InChI=1S/C19H21FN4O4S/c1-26-15-7-13(8-16(27-2)18(15)28-11-17(21)25)10-23-24-19(29)22-9-12-3-5-14(20)6-4-12/h3-8,10H,9,11H2,1-2H3,(H2,21,25)(H2,22,24,29)/b23-10-. The van der Waals surface area contributed by atoms with Crippen LogP contribution in [0.25, 0.3) is 0 Å². The van der Waals surface area contributed by atoms with E-state index in [4.69, 9.17) is 32.2 Å². The van der Waals surface area contributed by atoms with E-state index >= 15 is 0 Å². The van der Waals surface area contributed by atoms with Crippen molar-refractivity contribution >= 4 is 29.5 Å². The van der Waals surface area contributed by atoms with Crippen molar-refractivity contribution in [3.63, 3.8) is 0 Å². The second-order valence-electron chi connectivity index (χ2n) is 5.69. The van der Waals surface area contributed by atoms with Crippen molar-refractivity contribution in [1.82, 2.24) is 10.7 Å². The van der Waals surface area contributed by atoms with Gasteiger partial charge in [0.1, 0.15) is 5.82 Å². The van der Waals surface area contributed by atoms with E-state index < -0.39 is 5.91 Å². The highest BCUT2D eigenvalue weighted by atomic mass is 32.1. The molecule has 1 amide bonds. The Labute approximate surface area is 172 Å². The fourth-order valence-corrected chi connectivity index (χ4v) is 2.37. The Bertz CT molecular complexity index is 865. The van der Waals surface area contributed by atoms with Crippen LogP contribution in [0.15, 0.2) is 41.5 Å². The summed E-state index contributed by atoms with van der Waals surface area (Å²) >= 11 is 5.15. The molecule has 0 heterocycles. The molecule has 0 saturated carbocycles. The lowest BCUT2D eigenvalue weighted by Crippen LogP contribution is -2.31. The van der Waals surface area contributed by atoms with E-state index in [-0.39, 0.29) is 18.2 Å². The first-order chi connectivity index (χ1) is 13.9. The minimum atomic E-state index is -0.620. The molecule has 0 aliphatic carbocycles. The molecule has 0 spiro atoms. The van der Waals surface area contributed by atoms with Crippen LogP contribution in [0.5, 0.6) is 17.2 Å². The first-order valence-electron chi connectivity index (χ1n) is 8.41. The molecule has 0 aromatic heterocycles. The maximum Gasteiger partial charge on any atom is 0.255 e. The molecule has 10 heteroatoms. The number of rotatable bonds is 9. The van der Waals surface area contributed by atoms with Gasteiger partial charge in [-0.25, -0.2) is 4.39 Å². The highest BCUT2D eigenvalue weighted by Gasteiger charge is 2.14. The van der Waals surface area contributed by atoms with Crippen LogP contribution in [0.1, 0.15) is 11.1 Å². The summed E-state index contributed by atoms with van der Waals surface area (Å²) in [6.07, 6.45) is 1.51. The summed E-state index contributed by atoms with van der Waals surface area (Å²) < 4.78 is 28.8. The Hall–Kier alpha value is -3.40. The topological polar surface area (TPSA) is 107 Å². The predicted octanol–water partition coefficient (Wildman–Crippen LogP) is 1.71. The Balaban J connectivity index is 1.98. The number of halogens is 1. The smallest absolute Gasteiger partial charge is 0.255 e. The number of benzene rings is 2. The van der Waals surface area contributed by atoms with Crippen LogP contribution in [0, 0.1) is 5.82 Å². The Morgan fingerprint density at radius 2 is 1.83 bits per heavy atom. The van der Waals surface area contributed by atoms with Crippen molar-refractivity contribution in [2.45, 2.75) is 6.54 Å². The highest BCUT2D eigenvalue weighted by Crippen LogP contribution is 2.38. The number of hydrogen-bond acceptors (Lipinski definition) is 6. The summed E-state index contributed by atoms with van der Waals surface area (Å²) in [6, 6.07) is 9.38. The molecule has 0 unspecified atom stereocenters. The second-order valence-corrected chi connectivity index (χ2v) is 6.10. The Morgan fingerprint density at radius 3 is 2.38 bits per heavy atom. The number of carbonyl (C=O) groups excluding carboxylic acids is 1. The lowest BCUT2D eigenvalue weighted by molar-refractivity contribution is -0.120. The van der Waals surface area contributed by atoms with Gasteiger partial charge in [-0.05, 0) is 42.0 Å². The molecular weight excluding hydrogens is 399 g/mol. The van der Waals surface area contributed by atoms with Crippen molar-refractivity contribution in [3.8, 4) is 17.2 Å². The van der Waals surface area contributed by atoms with Crippen LogP contribution in [-0.2, 0) is 11.3 Å². The normalized spacial score (nSPS) is 10.4. The third-order valence-electron chi connectivity index (χ3n) is 3.59. The molecule has 154 valence electrons.